The number of hydrogen-bond acceptors (Lipinski definition) is 16. The van der Waals surface area contributed by atoms with Gasteiger partial charge in [0, 0.05) is 32.6 Å². The van der Waals surface area contributed by atoms with E-state index < -0.39 is 145 Å². The van der Waals surface area contributed by atoms with Crippen LogP contribution in [0.5, 0.6) is 0 Å². The number of nitrogens with one attached hydrogen (secondary N) is 7. The zero-order chi connectivity index (χ0) is 60.4. The fourth-order valence-corrected chi connectivity index (χ4v) is 8.84. The number of aliphatic imine (C=N–C) groups is 2. The van der Waals surface area contributed by atoms with E-state index in [0.717, 1.165) is 0 Å². The largest absolute Gasteiger partial charge is 0.481 e. The van der Waals surface area contributed by atoms with Gasteiger partial charge < -0.3 is 96.7 Å². The lowest BCUT2D eigenvalue weighted by molar-refractivity contribution is -0.147. The number of aliphatic carboxylic acids is 2. The van der Waals surface area contributed by atoms with Gasteiger partial charge in [0.2, 0.25) is 59.1 Å². The molecule has 0 unspecified atom stereocenters. The minimum atomic E-state index is -1.88. The molecule has 0 aliphatic carbocycles. The summed E-state index contributed by atoms with van der Waals surface area (Å²) in [6, 6.07) is -12.2. The minimum Gasteiger partial charge on any atom is -0.481 e. The molecule has 0 aromatic rings. The van der Waals surface area contributed by atoms with Crippen molar-refractivity contribution in [3.63, 3.8) is 0 Å². The Morgan fingerprint density at radius 1 is 0.562 bits per heavy atom. The maximum absolute atomic E-state index is 14.2. The number of aliphatic hydroxyl groups is 1. The van der Waals surface area contributed by atoms with Crippen LogP contribution in [-0.4, -0.2) is 202 Å². The van der Waals surface area contributed by atoms with Crippen molar-refractivity contribution in [2.24, 2.45) is 56.2 Å². The van der Waals surface area contributed by atoms with Crippen molar-refractivity contribution in [1.82, 2.24) is 47.0 Å². The number of aliphatic hydroxyl groups excluding tert-OH is 1. The maximum Gasteiger partial charge on any atom is 0.326 e. The van der Waals surface area contributed by atoms with Crippen LogP contribution in [0.25, 0.3) is 0 Å². The van der Waals surface area contributed by atoms with E-state index >= 15 is 0 Å². The first-order chi connectivity index (χ1) is 37.6. The van der Waals surface area contributed by atoms with E-state index in [1.54, 1.807) is 27.7 Å². The third-order valence-corrected chi connectivity index (χ3v) is 12.8. The highest BCUT2D eigenvalue weighted by atomic mass is 16.4. The molecule has 0 spiro atoms. The van der Waals surface area contributed by atoms with E-state index in [0.29, 0.717) is 12.8 Å². The number of nitrogens with zero attached hydrogens (tertiary/aromatic N) is 4. The topological polar surface area (TPSA) is 537 Å². The van der Waals surface area contributed by atoms with Gasteiger partial charge in [-0.15, -0.1) is 0 Å². The van der Waals surface area contributed by atoms with Crippen molar-refractivity contribution in [2.45, 2.75) is 166 Å². The minimum absolute atomic E-state index is 0.00537. The lowest BCUT2D eigenvalue weighted by atomic mass is 10.0. The van der Waals surface area contributed by atoms with Crippen molar-refractivity contribution >= 4 is 82.9 Å². The molecule has 2 rings (SSSR count). The Bertz CT molecular complexity index is 2260. The second kappa shape index (κ2) is 34.2. The number of amides is 10. The Balaban J connectivity index is 2.23. The van der Waals surface area contributed by atoms with Gasteiger partial charge in [-0.3, -0.25) is 62.7 Å². The third kappa shape index (κ3) is 24.0. The van der Waals surface area contributed by atoms with E-state index in [1.165, 1.54) is 9.80 Å². The van der Waals surface area contributed by atoms with Crippen molar-refractivity contribution in [1.29, 1.82) is 0 Å². The summed E-state index contributed by atoms with van der Waals surface area (Å²) in [5, 5.41) is 46.0. The SMILES string of the molecule is CC(C)C[C@H](NC(=O)[C@H](CCCN=C(N)N)NC(=O)[C@@H]1CCCN1C(=O)[C@@H](N)CCC(N)=O)C(=O)NCC(=O)N[C@@H](CC(C)C)C(=O)N1CCC[C@H]1C(=O)N[C@@H](CO)C(=O)N[C@@H](CCCN=C(N)N)C(=O)N[C@@H](CC(=O)O)C(=O)O. The molecular weight excluding hydrogens is 1050 g/mol. The molecule has 32 heteroatoms. The Kier molecular flexibility index (Phi) is 29.1. The Labute approximate surface area is 462 Å². The molecule has 2 heterocycles. The number of likely N-dealkylation sites (tertiary alicyclic amines) is 2. The van der Waals surface area contributed by atoms with Crippen molar-refractivity contribution < 1.29 is 72.9 Å². The lowest BCUT2D eigenvalue weighted by Crippen LogP contribution is -2.59. The number of nitrogens with two attached hydrogens (primary N) is 6. The fourth-order valence-electron chi connectivity index (χ4n) is 8.84. The standard InChI is InChI=1S/C48H83N17O15/c1-24(2)19-29(61-39(72)28(10-6-16-56-48(53)54)60-42(75)33-11-7-17-64(33)44(77)26(49)13-14-35(50)67)38(71)57-22-36(68)58-30(20-25(3)4)45(78)65-18-8-12-34(65)43(76)63-32(23-66)41(74)59-27(9-5-15-55-47(51)52)40(73)62-31(46(79)80)21-37(69)70/h24-34,66H,5-23,49H2,1-4H3,(H2,50,67)(H,57,71)(H,58,68)(H,59,74)(H,60,75)(H,61,72)(H,62,73)(H,63,76)(H,69,70)(H,79,80)(H4,51,52,55)(H4,53,54,56)/t26-,27-,28-,29-,30-,31-,32-,33-,34-/m0/s1. The smallest absolute Gasteiger partial charge is 0.326 e. The summed E-state index contributed by atoms with van der Waals surface area (Å²) in [6.45, 7) is 5.74. The van der Waals surface area contributed by atoms with Gasteiger partial charge in [-0.2, -0.15) is 0 Å². The molecule has 2 fully saturated rings. The van der Waals surface area contributed by atoms with E-state index in [1.807, 2.05) is 0 Å². The van der Waals surface area contributed by atoms with Crippen LogP contribution in [0.1, 0.15) is 111 Å². The molecule has 2 saturated heterocycles. The highest BCUT2D eigenvalue weighted by molar-refractivity contribution is 5.98. The molecule has 0 aromatic heterocycles. The number of carboxylic acids is 2. The number of guanidine groups is 2. The van der Waals surface area contributed by atoms with Gasteiger partial charge in [0.1, 0.15) is 48.3 Å². The van der Waals surface area contributed by atoms with Crippen LogP contribution in [0, 0.1) is 11.8 Å². The van der Waals surface area contributed by atoms with E-state index in [2.05, 4.69) is 47.2 Å². The van der Waals surface area contributed by atoms with E-state index in [4.69, 9.17) is 39.5 Å². The fraction of sp³-hybridized carbons (Fsp3) is 0.708. The zero-order valence-electron chi connectivity index (χ0n) is 45.8. The summed E-state index contributed by atoms with van der Waals surface area (Å²) in [7, 11) is 0. The molecular formula is C48H83N17O15. The Hall–Kier alpha value is -7.90. The second-order valence-electron chi connectivity index (χ2n) is 20.4. The summed E-state index contributed by atoms with van der Waals surface area (Å²) in [5.41, 5.74) is 32.9. The summed E-state index contributed by atoms with van der Waals surface area (Å²) in [4.78, 5) is 167. The number of carbonyl (C=O) groups is 12. The van der Waals surface area contributed by atoms with Crippen LogP contribution in [0.15, 0.2) is 9.98 Å². The first-order valence-electron chi connectivity index (χ1n) is 26.5. The van der Waals surface area contributed by atoms with Crippen LogP contribution in [0.2, 0.25) is 0 Å². The molecule has 0 radical (unpaired) electrons. The van der Waals surface area contributed by atoms with Crippen molar-refractivity contribution in [3.05, 3.63) is 0 Å². The average molecular weight is 1140 g/mol. The van der Waals surface area contributed by atoms with Crippen molar-refractivity contribution in [3.8, 4) is 0 Å². The molecule has 0 bridgehead atoms. The van der Waals surface area contributed by atoms with E-state index in [9.17, 15) is 67.7 Å². The normalized spacial score (nSPS) is 17.5. The molecule has 22 N–H and O–H groups in total. The number of carboxylic acid groups (broad SMARTS) is 2. The number of rotatable bonds is 35. The number of carbonyl (C=O) groups excluding carboxylic acids is 10. The predicted molar refractivity (Wildman–Crippen MR) is 286 cm³/mol. The second-order valence-corrected chi connectivity index (χ2v) is 20.4. The Morgan fingerprint density at radius 2 is 1.01 bits per heavy atom. The highest BCUT2D eigenvalue weighted by Gasteiger charge is 2.41. The highest BCUT2D eigenvalue weighted by Crippen LogP contribution is 2.22. The summed E-state index contributed by atoms with van der Waals surface area (Å²) in [6.07, 6.45) is 0.147. The molecule has 10 amide bonds. The van der Waals surface area contributed by atoms with Crippen LogP contribution < -0.4 is 71.6 Å². The lowest BCUT2D eigenvalue weighted by Gasteiger charge is -2.30. The maximum atomic E-state index is 14.2. The monoisotopic (exact) mass is 1140 g/mol. The van der Waals surface area contributed by atoms with Gasteiger partial charge in [-0.1, -0.05) is 27.7 Å². The van der Waals surface area contributed by atoms with Gasteiger partial charge in [0.05, 0.1) is 25.6 Å². The average Bonchev–Trinajstić information content (AvgIpc) is 4.08. The van der Waals surface area contributed by atoms with Crippen LogP contribution in [-0.2, 0) is 57.5 Å². The first-order valence-corrected chi connectivity index (χ1v) is 26.5. The quantitative estimate of drug-likeness (QED) is 0.0159. The molecule has 450 valence electrons. The van der Waals surface area contributed by atoms with Crippen LogP contribution in [0.4, 0.5) is 0 Å². The number of primary amides is 1. The molecule has 9 atom stereocenters. The third-order valence-electron chi connectivity index (χ3n) is 12.8. The van der Waals surface area contributed by atoms with Gasteiger partial charge in [-0.25, -0.2) is 4.79 Å². The van der Waals surface area contributed by atoms with Crippen LogP contribution >= 0.6 is 0 Å². The summed E-state index contributed by atoms with van der Waals surface area (Å²) in [5.74, 6) is -12.1. The predicted octanol–water partition coefficient (Wildman–Crippen LogP) is -6.66. The molecule has 0 aromatic carbocycles. The van der Waals surface area contributed by atoms with Gasteiger partial charge in [-0.05, 0) is 82.5 Å². The molecule has 2 aliphatic rings. The molecule has 80 heavy (non-hydrogen) atoms. The molecule has 2 aliphatic heterocycles. The summed E-state index contributed by atoms with van der Waals surface area (Å²) >= 11 is 0. The van der Waals surface area contributed by atoms with Gasteiger partial charge >= 0.3 is 11.9 Å². The Morgan fingerprint density at radius 3 is 1.48 bits per heavy atom. The first kappa shape index (κ1) is 68.2. The number of hydrogen-bond donors (Lipinski definition) is 16. The van der Waals surface area contributed by atoms with Gasteiger partial charge in [0.25, 0.3) is 0 Å². The van der Waals surface area contributed by atoms with E-state index in [-0.39, 0.29) is 114 Å². The van der Waals surface area contributed by atoms with Gasteiger partial charge in [0.15, 0.2) is 11.9 Å². The van der Waals surface area contributed by atoms with Crippen LogP contribution in [0.3, 0.4) is 0 Å². The molecule has 0 saturated carbocycles. The summed E-state index contributed by atoms with van der Waals surface area (Å²) < 4.78 is 0. The van der Waals surface area contributed by atoms with Crippen molar-refractivity contribution in [2.75, 3.05) is 39.3 Å². The molecule has 32 nitrogen and oxygen atoms in total. The zero-order valence-corrected chi connectivity index (χ0v) is 45.8.